The number of thiazole rings is 1. The lowest BCUT2D eigenvalue weighted by Crippen LogP contribution is -2.33. The molecule has 5 rings (SSSR count). The van der Waals surface area contributed by atoms with Crippen LogP contribution in [0.3, 0.4) is 0 Å². The second kappa shape index (κ2) is 13.2. The minimum absolute atomic E-state index is 0.122. The average Bonchev–Trinajstić information content (AvgIpc) is 3.49. The minimum Gasteiger partial charge on any atom is -0.445 e. The summed E-state index contributed by atoms with van der Waals surface area (Å²) in [5, 5.41) is 9.31. The van der Waals surface area contributed by atoms with E-state index in [0.717, 1.165) is 48.6 Å². The normalized spacial score (nSPS) is 13.0. The molecule has 1 fully saturated rings. The van der Waals surface area contributed by atoms with Crippen molar-refractivity contribution in [2.45, 2.75) is 65.1 Å². The van der Waals surface area contributed by atoms with Crippen LogP contribution in [0.4, 0.5) is 0 Å². The van der Waals surface area contributed by atoms with Crippen molar-refractivity contribution in [2.75, 3.05) is 13.1 Å². The molecule has 0 aliphatic heterocycles. The van der Waals surface area contributed by atoms with E-state index in [1.807, 2.05) is 29.6 Å². The summed E-state index contributed by atoms with van der Waals surface area (Å²) in [5.41, 5.74) is 4.74. The maximum absolute atomic E-state index is 13.7. The zero-order chi connectivity index (χ0) is 28.8. The number of amides is 2. The number of hydrogen-bond donors (Lipinski definition) is 2. The van der Waals surface area contributed by atoms with E-state index >= 15 is 0 Å². The molecule has 3 heterocycles. The van der Waals surface area contributed by atoms with Crippen LogP contribution in [-0.4, -0.2) is 50.8 Å². The standard InChI is InChI=1S/C31H36N6O3S/c1-20(2)26-11-22(16-33-17-26)15-32-7-4-8-34-29(38)23-12-24(30-35-9-10-40-30)14-25(13-23)31(39)37(27-5-6-27)18-28-36-21(3)19-41-28/h9-14,16-17,19-20,27,32H,4-8,15,18H2,1-3H3,(H,34,38). The van der Waals surface area contributed by atoms with Gasteiger partial charge in [0.25, 0.3) is 11.8 Å². The van der Waals surface area contributed by atoms with Crippen LogP contribution in [0.1, 0.15) is 81.6 Å². The first kappa shape index (κ1) is 28.6. The predicted molar refractivity (Wildman–Crippen MR) is 159 cm³/mol. The van der Waals surface area contributed by atoms with Crippen LogP contribution in [0.25, 0.3) is 11.5 Å². The second-order valence-electron chi connectivity index (χ2n) is 10.8. The van der Waals surface area contributed by atoms with E-state index in [2.05, 4.69) is 45.5 Å². The van der Waals surface area contributed by atoms with Crippen LogP contribution in [0, 0.1) is 6.92 Å². The molecule has 1 aliphatic rings. The lowest BCUT2D eigenvalue weighted by Gasteiger charge is -2.22. The zero-order valence-electron chi connectivity index (χ0n) is 23.7. The smallest absolute Gasteiger partial charge is 0.254 e. The molecule has 0 unspecified atom stereocenters. The fourth-order valence-corrected chi connectivity index (χ4v) is 5.35. The minimum atomic E-state index is -0.241. The molecule has 10 heteroatoms. The Morgan fingerprint density at radius 2 is 1.95 bits per heavy atom. The average molecular weight is 573 g/mol. The van der Waals surface area contributed by atoms with Gasteiger partial charge in [-0.1, -0.05) is 19.9 Å². The van der Waals surface area contributed by atoms with Gasteiger partial charge in [0.05, 0.1) is 12.7 Å². The number of pyridine rings is 1. The predicted octanol–water partition coefficient (Wildman–Crippen LogP) is 5.34. The van der Waals surface area contributed by atoms with Gasteiger partial charge in [-0.05, 0) is 68.0 Å². The van der Waals surface area contributed by atoms with Crippen LogP contribution in [0.15, 0.2) is 58.9 Å². The molecule has 0 bridgehead atoms. The maximum Gasteiger partial charge on any atom is 0.254 e. The lowest BCUT2D eigenvalue weighted by atomic mass is 10.0. The number of rotatable bonds is 13. The van der Waals surface area contributed by atoms with Crippen molar-refractivity contribution in [3.8, 4) is 11.5 Å². The van der Waals surface area contributed by atoms with Crippen LogP contribution in [0.2, 0.25) is 0 Å². The molecule has 1 aliphatic carbocycles. The molecular weight excluding hydrogens is 536 g/mol. The Hall–Kier alpha value is -3.89. The Balaban J connectivity index is 1.22. The topological polar surface area (TPSA) is 113 Å². The molecule has 214 valence electrons. The number of aryl methyl sites for hydroxylation is 1. The number of nitrogens with zero attached hydrogens (tertiary/aromatic N) is 4. The van der Waals surface area contributed by atoms with Crippen molar-refractivity contribution in [1.29, 1.82) is 0 Å². The van der Waals surface area contributed by atoms with Gasteiger partial charge in [0.1, 0.15) is 11.3 Å². The van der Waals surface area contributed by atoms with Crippen molar-refractivity contribution in [3.63, 3.8) is 0 Å². The third-order valence-electron chi connectivity index (χ3n) is 6.97. The van der Waals surface area contributed by atoms with Crippen molar-refractivity contribution >= 4 is 23.2 Å². The Morgan fingerprint density at radius 1 is 1.12 bits per heavy atom. The van der Waals surface area contributed by atoms with Gasteiger partial charge < -0.3 is 20.0 Å². The molecule has 2 amide bonds. The van der Waals surface area contributed by atoms with Gasteiger partial charge in [0, 0.05) is 59.3 Å². The van der Waals surface area contributed by atoms with E-state index in [9.17, 15) is 9.59 Å². The van der Waals surface area contributed by atoms with Crippen LogP contribution < -0.4 is 10.6 Å². The van der Waals surface area contributed by atoms with Crippen molar-refractivity contribution < 1.29 is 14.0 Å². The van der Waals surface area contributed by atoms with Gasteiger partial charge in [-0.15, -0.1) is 11.3 Å². The van der Waals surface area contributed by atoms with E-state index < -0.39 is 0 Å². The lowest BCUT2D eigenvalue weighted by molar-refractivity contribution is 0.0729. The Morgan fingerprint density at radius 3 is 2.66 bits per heavy atom. The first-order valence-electron chi connectivity index (χ1n) is 14.1. The highest BCUT2D eigenvalue weighted by Crippen LogP contribution is 2.31. The zero-order valence-corrected chi connectivity index (χ0v) is 24.5. The summed E-state index contributed by atoms with van der Waals surface area (Å²) in [7, 11) is 0. The van der Waals surface area contributed by atoms with Crippen LogP contribution in [0.5, 0.6) is 0 Å². The third kappa shape index (κ3) is 7.65. The van der Waals surface area contributed by atoms with E-state index in [4.69, 9.17) is 4.42 Å². The molecule has 41 heavy (non-hydrogen) atoms. The Kier molecular flexibility index (Phi) is 9.21. The number of oxazole rings is 1. The number of hydrogen-bond acceptors (Lipinski definition) is 8. The van der Waals surface area contributed by atoms with E-state index in [-0.39, 0.29) is 17.9 Å². The molecule has 0 saturated heterocycles. The molecule has 4 aromatic rings. The highest BCUT2D eigenvalue weighted by molar-refractivity contribution is 7.09. The van der Waals surface area contributed by atoms with Gasteiger partial charge in [-0.3, -0.25) is 14.6 Å². The van der Waals surface area contributed by atoms with Gasteiger partial charge >= 0.3 is 0 Å². The number of carbonyl (C=O) groups excluding carboxylic acids is 2. The third-order valence-corrected chi connectivity index (χ3v) is 7.92. The number of carbonyl (C=O) groups is 2. The molecule has 0 spiro atoms. The Bertz CT molecular complexity index is 1480. The van der Waals surface area contributed by atoms with Gasteiger partial charge in [-0.25, -0.2) is 9.97 Å². The van der Waals surface area contributed by atoms with Crippen molar-refractivity contribution in [3.05, 3.63) is 87.5 Å². The van der Waals surface area contributed by atoms with Crippen LogP contribution >= 0.6 is 11.3 Å². The molecule has 1 aromatic carbocycles. The number of benzene rings is 1. The van der Waals surface area contributed by atoms with Gasteiger partial charge in [0.2, 0.25) is 5.89 Å². The monoisotopic (exact) mass is 572 g/mol. The summed E-state index contributed by atoms with van der Waals surface area (Å²) < 4.78 is 5.50. The van der Waals surface area contributed by atoms with E-state index in [0.29, 0.717) is 41.6 Å². The molecule has 0 atom stereocenters. The van der Waals surface area contributed by atoms with Crippen molar-refractivity contribution in [1.82, 2.24) is 30.5 Å². The maximum atomic E-state index is 13.7. The Labute approximate surface area is 244 Å². The van der Waals surface area contributed by atoms with Gasteiger partial charge in [-0.2, -0.15) is 0 Å². The molecule has 0 radical (unpaired) electrons. The molecular formula is C31H36N6O3S. The largest absolute Gasteiger partial charge is 0.445 e. The van der Waals surface area contributed by atoms with Crippen LogP contribution in [-0.2, 0) is 13.1 Å². The first-order chi connectivity index (χ1) is 19.9. The summed E-state index contributed by atoms with van der Waals surface area (Å²) in [6.45, 7) is 8.69. The summed E-state index contributed by atoms with van der Waals surface area (Å²) in [6, 6.07) is 7.50. The quantitative estimate of drug-likeness (QED) is 0.208. The SMILES string of the molecule is Cc1csc(CN(C(=O)c2cc(C(=O)NCCCNCc3cncc(C(C)C)c3)cc(-c3ncco3)c2)C2CC2)n1. The molecule has 9 nitrogen and oxygen atoms in total. The molecule has 3 aromatic heterocycles. The number of nitrogens with one attached hydrogen (secondary N) is 2. The molecule has 1 saturated carbocycles. The summed E-state index contributed by atoms with van der Waals surface area (Å²) in [4.78, 5) is 41.9. The summed E-state index contributed by atoms with van der Waals surface area (Å²) in [5.74, 6) is 0.440. The fourth-order valence-electron chi connectivity index (χ4n) is 4.58. The highest BCUT2D eigenvalue weighted by Gasteiger charge is 2.34. The molecule has 2 N–H and O–H groups in total. The van der Waals surface area contributed by atoms with Gasteiger partial charge in [0.15, 0.2) is 0 Å². The summed E-state index contributed by atoms with van der Waals surface area (Å²) >= 11 is 1.56. The summed E-state index contributed by atoms with van der Waals surface area (Å²) in [6.07, 6.45) is 9.51. The fraction of sp³-hybridized carbons (Fsp3) is 0.387. The van der Waals surface area contributed by atoms with E-state index in [1.54, 1.807) is 35.7 Å². The number of aromatic nitrogens is 3. The highest BCUT2D eigenvalue weighted by atomic mass is 32.1. The van der Waals surface area contributed by atoms with E-state index in [1.165, 1.54) is 11.8 Å². The first-order valence-corrected chi connectivity index (χ1v) is 14.9. The van der Waals surface area contributed by atoms with Crippen molar-refractivity contribution in [2.24, 2.45) is 0 Å². The second-order valence-corrected chi connectivity index (χ2v) is 11.7.